The first-order valence-electron chi connectivity index (χ1n) is 15.6. The number of hydrogen-bond donors (Lipinski definition) is 2. The lowest BCUT2D eigenvalue weighted by Crippen LogP contribution is -2.58. The molecule has 1 atom stereocenters. The van der Waals surface area contributed by atoms with Gasteiger partial charge in [0, 0.05) is 60.4 Å². The monoisotopic (exact) mass is 626 g/mol. The summed E-state index contributed by atoms with van der Waals surface area (Å²) in [5.41, 5.74) is 3.65. The fourth-order valence-electron chi connectivity index (χ4n) is 5.11. The largest absolute Gasteiger partial charge is 0.494 e. The minimum atomic E-state index is -0.720. The molecule has 0 radical (unpaired) electrons. The molecule has 9 heteroatoms. The number of benzene rings is 2. The van der Waals surface area contributed by atoms with Gasteiger partial charge in [-0.2, -0.15) is 0 Å². The quantitative estimate of drug-likeness (QED) is 0.183. The first kappa shape index (κ1) is 32.3. The number of hydrogen-bond acceptors (Lipinski definition) is 7. The van der Waals surface area contributed by atoms with Crippen LogP contribution in [0, 0.1) is 5.92 Å². The number of aromatic nitrogens is 2. The van der Waals surface area contributed by atoms with E-state index in [9.17, 15) is 14.7 Å². The van der Waals surface area contributed by atoms with Crippen LogP contribution in [0.1, 0.15) is 60.6 Å². The topological polar surface area (TPSA) is 105 Å². The maximum atomic E-state index is 13.4. The van der Waals surface area contributed by atoms with Crippen molar-refractivity contribution in [1.82, 2.24) is 20.2 Å². The van der Waals surface area contributed by atoms with E-state index >= 15 is 0 Å². The SMILES string of the molecule is CCCCOc1ccc(-c2cnc(-c3ccc(C[C@H](NC(=O)c4ccc(C(C)(C)C)s4)C(=O)N4CC(CO)C4)cc3)nc2)cc1. The number of aliphatic hydroxyl groups is 1. The zero-order chi connectivity index (χ0) is 32.0. The van der Waals surface area contributed by atoms with Crippen LogP contribution in [0.25, 0.3) is 22.5 Å². The number of nitrogens with zero attached hydrogens (tertiary/aromatic N) is 3. The highest BCUT2D eigenvalue weighted by Crippen LogP contribution is 2.30. The molecule has 1 fully saturated rings. The number of aliphatic hydroxyl groups excluding tert-OH is 1. The van der Waals surface area contributed by atoms with Crippen molar-refractivity contribution >= 4 is 23.2 Å². The number of thiophene rings is 1. The van der Waals surface area contributed by atoms with Crippen LogP contribution < -0.4 is 10.1 Å². The molecule has 0 aliphatic carbocycles. The van der Waals surface area contributed by atoms with Crippen molar-refractivity contribution in [3.05, 3.63) is 88.4 Å². The average Bonchev–Trinajstić information content (AvgIpc) is 3.53. The van der Waals surface area contributed by atoms with E-state index in [2.05, 4.69) is 43.0 Å². The molecular weight excluding hydrogens is 584 g/mol. The minimum Gasteiger partial charge on any atom is -0.494 e. The summed E-state index contributed by atoms with van der Waals surface area (Å²) in [6, 6.07) is 18.8. The summed E-state index contributed by atoms with van der Waals surface area (Å²) in [6.07, 6.45) is 6.11. The highest BCUT2D eigenvalue weighted by molar-refractivity contribution is 7.14. The van der Waals surface area contributed by atoms with Crippen LogP contribution in [0.2, 0.25) is 0 Å². The molecule has 0 bridgehead atoms. The van der Waals surface area contributed by atoms with Gasteiger partial charge >= 0.3 is 0 Å². The smallest absolute Gasteiger partial charge is 0.262 e. The van der Waals surface area contributed by atoms with Crippen molar-refractivity contribution < 1.29 is 19.4 Å². The predicted molar refractivity (Wildman–Crippen MR) is 178 cm³/mol. The van der Waals surface area contributed by atoms with Gasteiger partial charge in [-0.15, -0.1) is 11.3 Å². The van der Waals surface area contributed by atoms with Crippen LogP contribution in [0.4, 0.5) is 0 Å². The Morgan fingerprint density at radius 2 is 1.64 bits per heavy atom. The number of likely N-dealkylation sites (tertiary alicyclic amines) is 1. The van der Waals surface area contributed by atoms with Gasteiger partial charge in [-0.3, -0.25) is 9.59 Å². The lowest BCUT2D eigenvalue weighted by Gasteiger charge is -2.40. The van der Waals surface area contributed by atoms with E-state index in [0.29, 0.717) is 30.2 Å². The van der Waals surface area contributed by atoms with Crippen molar-refractivity contribution in [2.24, 2.45) is 5.92 Å². The fourth-order valence-corrected chi connectivity index (χ4v) is 6.07. The number of unbranched alkanes of at least 4 members (excludes halogenated alkanes) is 1. The second-order valence-corrected chi connectivity index (χ2v) is 13.7. The van der Waals surface area contributed by atoms with Crippen LogP contribution in [-0.4, -0.2) is 64.1 Å². The third-order valence-corrected chi connectivity index (χ3v) is 9.47. The maximum absolute atomic E-state index is 13.4. The summed E-state index contributed by atoms with van der Waals surface area (Å²) in [4.78, 5) is 39.3. The number of carbonyl (C=O) groups excluding carboxylic acids is 2. The van der Waals surface area contributed by atoms with Crippen LogP contribution in [0.15, 0.2) is 73.1 Å². The maximum Gasteiger partial charge on any atom is 0.262 e. The van der Waals surface area contributed by atoms with Crippen molar-refractivity contribution in [2.75, 3.05) is 26.3 Å². The third kappa shape index (κ3) is 8.15. The molecular formula is C36H42N4O4S. The van der Waals surface area contributed by atoms with E-state index in [1.54, 1.807) is 4.90 Å². The summed E-state index contributed by atoms with van der Waals surface area (Å²) >= 11 is 1.45. The van der Waals surface area contributed by atoms with Crippen molar-refractivity contribution in [3.8, 4) is 28.3 Å². The predicted octanol–water partition coefficient (Wildman–Crippen LogP) is 6.14. The highest BCUT2D eigenvalue weighted by Gasteiger charge is 2.35. The van der Waals surface area contributed by atoms with Crippen molar-refractivity contribution in [2.45, 2.75) is 58.4 Å². The molecule has 2 aromatic heterocycles. The van der Waals surface area contributed by atoms with Gasteiger partial charge in [0.2, 0.25) is 5.91 Å². The molecule has 0 spiro atoms. The van der Waals surface area contributed by atoms with Crippen LogP contribution in [0.3, 0.4) is 0 Å². The van der Waals surface area contributed by atoms with Crippen LogP contribution in [0.5, 0.6) is 5.75 Å². The summed E-state index contributed by atoms with van der Waals surface area (Å²) < 4.78 is 5.76. The first-order valence-corrected chi connectivity index (χ1v) is 16.4. The molecule has 4 aromatic rings. The number of amides is 2. The molecule has 5 rings (SSSR count). The number of carbonyl (C=O) groups is 2. The molecule has 8 nitrogen and oxygen atoms in total. The van der Waals surface area contributed by atoms with Crippen molar-refractivity contribution in [3.63, 3.8) is 0 Å². The lowest BCUT2D eigenvalue weighted by atomic mass is 9.95. The number of nitrogens with one attached hydrogen (secondary N) is 1. The Hall–Kier alpha value is -4.08. The minimum absolute atomic E-state index is 0.0520. The van der Waals surface area contributed by atoms with Gasteiger partial charge in [-0.1, -0.05) is 70.5 Å². The number of rotatable bonds is 12. The fraction of sp³-hybridized carbons (Fsp3) is 0.389. The molecule has 2 aromatic carbocycles. The van der Waals surface area contributed by atoms with Gasteiger partial charge in [0.1, 0.15) is 11.8 Å². The molecule has 1 aliphatic rings. The van der Waals surface area contributed by atoms with Gasteiger partial charge in [-0.25, -0.2) is 9.97 Å². The second kappa shape index (κ2) is 14.3. The van der Waals surface area contributed by atoms with E-state index in [-0.39, 0.29) is 29.8 Å². The molecule has 1 aliphatic heterocycles. The Bertz CT molecular complexity index is 1570. The third-order valence-electron chi connectivity index (χ3n) is 7.96. The molecule has 0 unspecified atom stereocenters. The Morgan fingerprint density at radius 3 is 2.24 bits per heavy atom. The van der Waals surface area contributed by atoms with E-state index in [4.69, 9.17) is 4.74 Å². The molecule has 0 saturated carbocycles. The van der Waals surface area contributed by atoms with E-state index in [0.717, 1.165) is 52.3 Å². The average molecular weight is 627 g/mol. The molecule has 45 heavy (non-hydrogen) atoms. The Labute approximate surface area is 269 Å². The Balaban J connectivity index is 1.25. The molecule has 236 valence electrons. The number of ether oxygens (including phenoxy) is 1. The van der Waals surface area contributed by atoms with Gasteiger partial charge in [0.15, 0.2) is 5.82 Å². The van der Waals surface area contributed by atoms with Crippen molar-refractivity contribution in [1.29, 1.82) is 0 Å². The zero-order valence-electron chi connectivity index (χ0n) is 26.5. The summed E-state index contributed by atoms with van der Waals surface area (Å²) in [6.45, 7) is 10.2. The molecule has 2 amide bonds. The standard InChI is InChI=1S/C36H42N4O4S/c1-5-6-17-44-29-13-11-26(12-14-29)28-19-37-33(38-20-28)27-9-7-24(8-10-27)18-30(35(43)40-21-25(22-40)23-41)39-34(42)31-15-16-32(45-31)36(2,3)4/h7-16,19-20,25,30,41H,5-6,17-18,21-23H2,1-4H3,(H,39,42)/t30-/m0/s1. The van der Waals surface area contributed by atoms with Gasteiger partial charge in [0.05, 0.1) is 11.5 Å². The van der Waals surface area contributed by atoms with Crippen LogP contribution >= 0.6 is 11.3 Å². The molecule has 1 saturated heterocycles. The van der Waals surface area contributed by atoms with E-state index in [1.165, 1.54) is 11.3 Å². The zero-order valence-corrected chi connectivity index (χ0v) is 27.3. The Morgan fingerprint density at radius 1 is 0.978 bits per heavy atom. The highest BCUT2D eigenvalue weighted by atomic mass is 32.1. The molecule has 2 N–H and O–H groups in total. The molecule has 3 heterocycles. The van der Waals surface area contributed by atoms with Gasteiger partial charge < -0.3 is 20.1 Å². The first-order chi connectivity index (χ1) is 21.6. The summed E-state index contributed by atoms with van der Waals surface area (Å²) in [7, 11) is 0. The van der Waals surface area contributed by atoms with E-state index in [1.807, 2.05) is 73.1 Å². The normalized spacial score (nSPS) is 14.1. The Kier molecular flexibility index (Phi) is 10.3. The van der Waals surface area contributed by atoms with Gasteiger partial charge in [-0.05, 0) is 47.2 Å². The summed E-state index contributed by atoms with van der Waals surface area (Å²) in [5, 5.41) is 12.4. The van der Waals surface area contributed by atoms with Crippen LogP contribution in [-0.2, 0) is 16.6 Å². The van der Waals surface area contributed by atoms with Gasteiger partial charge in [0.25, 0.3) is 5.91 Å². The van der Waals surface area contributed by atoms with E-state index < -0.39 is 6.04 Å². The summed E-state index contributed by atoms with van der Waals surface area (Å²) in [5.74, 6) is 1.16. The lowest BCUT2D eigenvalue weighted by molar-refractivity contribution is -0.140. The second-order valence-electron chi connectivity index (χ2n) is 12.7.